The monoisotopic (exact) mass is 187 g/mol. The average molecular weight is 187 g/mol. The van der Waals surface area contributed by atoms with Crippen molar-refractivity contribution in [2.75, 3.05) is 7.11 Å². The lowest BCUT2D eigenvalue weighted by atomic mass is 10.1. The molecule has 0 aromatic heterocycles. The van der Waals surface area contributed by atoms with Gasteiger partial charge in [0.1, 0.15) is 0 Å². The van der Waals surface area contributed by atoms with E-state index in [2.05, 4.69) is 14.8 Å². The first-order chi connectivity index (χ1) is 6.17. The number of azide groups is 1. The molecule has 0 amide bonds. The molecule has 6 heteroatoms. The molecule has 0 radical (unpaired) electrons. The lowest BCUT2D eigenvalue weighted by Crippen LogP contribution is -2.32. The zero-order chi connectivity index (χ0) is 10.3. The van der Waals surface area contributed by atoms with E-state index in [9.17, 15) is 9.90 Å². The fourth-order valence-electron chi connectivity index (χ4n) is 0.911. The van der Waals surface area contributed by atoms with Gasteiger partial charge in [0.2, 0.25) is 0 Å². The van der Waals surface area contributed by atoms with Crippen molar-refractivity contribution in [1.29, 1.82) is 0 Å². The summed E-state index contributed by atoms with van der Waals surface area (Å²) in [5.74, 6) is -0.709. The van der Waals surface area contributed by atoms with E-state index in [1.807, 2.05) is 6.92 Å². The molecule has 13 heavy (non-hydrogen) atoms. The van der Waals surface area contributed by atoms with Gasteiger partial charge < -0.3 is 9.84 Å². The third-order valence-electron chi connectivity index (χ3n) is 1.57. The number of hydrogen-bond acceptors (Lipinski definition) is 4. The van der Waals surface area contributed by atoms with Crippen LogP contribution in [0.3, 0.4) is 0 Å². The SMILES string of the molecule is CCCC(O)C(N=[N+]=[N-])C(=O)OC. The van der Waals surface area contributed by atoms with E-state index in [0.29, 0.717) is 12.8 Å². The summed E-state index contributed by atoms with van der Waals surface area (Å²) in [5.41, 5.74) is 8.14. The number of aliphatic hydroxyl groups excluding tert-OH is 1. The molecule has 2 unspecified atom stereocenters. The molecule has 0 saturated heterocycles. The van der Waals surface area contributed by atoms with Crippen molar-refractivity contribution in [2.24, 2.45) is 5.11 Å². The average Bonchev–Trinajstić information content (AvgIpc) is 2.13. The zero-order valence-electron chi connectivity index (χ0n) is 7.67. The maximum atomic E-state index is 11.0. The molecule has 0 spiro atoms. The van der Waals surface area contributed by atoms with Gasteiger partial charge in [-0.25, -0.2) is 0 Å². The molecule has 2 atom stereocenters. The van der Waals surface area contributed by atoms with Crippen LogP contribution in [0.25, 0.3) is 10.4 Å². The van der Waals surface area contributed by atoms with Gasteiger partial charge in [0.25, 0.3) is 0 Å². The minimum atomic E-state index is -1.13. The van der Waals surface area contributed by atoms with Crippen molar-refractivity contribution in [3.05, 3.63) is 10.4 Å². The van der Waals surface area contributed by atoms with Gasteiger partial charge in [-0.3, -0.25) is 4.79 Å². The Morgan fingerprint density at radius 2 is 2.38 bits per heavy atom. The summed E-state index contributed by atoms with van der Waals surface area (Å²) in [6.07, 6.45) is 0.141. The third kappa shape index (κ3) is 3.78. The fraction of sp³-hybridized carbons (Fsp3) is 0.857. The summed E-state index contributed by atoms with van der Waals surface area (Å²) in [4.78, 5) is 13.4. The van der Waals surface area contributed by atoms with Crippen LogP contribution < -0.4 is 0 Å². The molecular formula is C7H13N3O3. The molecule has 0 aliphatic rings. The summed E-state index contributed by atoms with van der Waals surface area (Å²) < 4.78 is 4.37. The highest BCUT2D eigenvalue weighted by Crippen LogP contribution is 2.08. The van der Waals surface area contributed by atoms with Crippen LogP contribution in [0, 0.1) is 0 Å². The van der Waals surface area contributed by atoms with E-state index >= 15 is 0 Å². The number of esters is 1. The molecular weight excluding hydrogens is 174 g/mol. The predicted molar refractivity (Wildman–Crippen MR) is 45.9 cm³/mol. The summed E-state index contributed by atoms with van der Waals surface area (Å²) in [6, 6.07) is -1.13. The van der Waals surface area contributed by atoms with Crippen molar-refractivity contribution in [1.82, 2.24) is 0 Å². The molecule has 0 aliphatic carbocycles. The Labute approximate surface area is 76.1 Å². The van der Waals surface area contributed by atoms with Crippen LogP contribution in [0.2, 0.25) is 0 Å². The highest BCUT2D eigenvalue weighted by Gasteiger charge is 2.25. The van der Waals surface area contributed by atoms with Crippen LogP contribution in [-0.4, -0.2) is 30.3 Å². The van der Waals surface area contributed by atoms with Gasteiger partial charge in [-0.2, -0.15) is 0 Å². The first-order valence-electron chi connectivity index (χ1n) is 3.97. The van der Waals surface area contributed by atoms with Crippen molar-refractivity contribution >= 4 is 5.97 Å². The number of carbonyl (C=O) groups is 1. The molecule has 0 aromatic carbocycles. The van der Waals surface area contributed by atoms with E-state index in [-0.39, 0.29) is 0 Å². The fourth-order valence-corrected chi connectivity index (χ4v) is 0.911. The predicted octanol–water partition coefficient (Wildman–Crippen LogP) is 0.999. The van der Waals surface area contributed by atoms with Gasteiger partial charge in [0.15, 0.2) is 6.04 Å². The van der Waals surface area contributed by atoms with Crippen LogP contribution in [0.4, 0.5) is 0 Å². The van der Waals surface area contributed by atoms with Gasteiger partial charge in [-0.15, -0.1) is 0 Å². The maximum Gasteiger partial charge on any atom is 0.317 e. The lowest BCUT2D eigenvalue weighted by molar-refractivity contribution is -0.144. The number of ether oxygens (including phenoxy) is 1. The molecule has 0 bridgehead atoms. The Balaban J connectivity index is 4.39. The standard InChI is InChI=1S/C7H13N3O3/c1-3-4-5(11)6(9-10-8)7(12)13-2/h5-6,11H,3-4H2,1-2H3. The zero-order valence-corrected chi connectivity index (χ0v) is 7.67. The number of carbonyl (C=O) groups excluding carboxylic acids is 1. The van der Waals surface area contributed by atoms with E-state index in [1.54, 1.807) is 0 Å². The van der Waals surface area contributed by atoms with Crippen LogP contribution in [0.15, 0.2) is 5.11 Å². The first-order valence-corrected chi connectivity index (χ1v) is 3.97. The van der Waals surface area contributed by atoms with E-state index < -0.39 is 18.1 Å². The second-order valence-electron chi connectivity index (χ2n) is 2.53. The molecule has 0 heterocycles. The molecule has 0 aromatic rings. The third-order valence-corrected chi connectivity index (χ3v) is 1.57. The maximum absolute atomic E-state index is 11.0. The first kappa shape index (κ1) is 11.7. The molecule has 74 valence electrons. The van der Waals surface area contributed by atoms with Crippen molar-refractivity contribution in [2.45, 2.75) is 31.9 Å². The Bertz CT molecular complexity index is 213. The van der Waals surface area contributed by atoms with Gasteiger partial charge in [-0.05, 0) is 12.0 Å². The van der Waals surface area contributed by atoms with Crippen LogP contribution in [-0.2, 0) is 9.53 Å². The van der Waals surface area contributed by atoms with Crippen LogP contribution >= 0.6 is 0 Å². The largest absolute Gasteiger partial charge is 0.469 e. The van der Waals surface area contributed by atoms with Gasteiger partial charge >= 0.3 is 5.97 Å². The second-order valence-corrected chi connectivity index (χ2v) is 2.53. The van der Waals surface area contributed by atoms with E-state index in [0.717, 1.165) is 0 Å². The summed E-state index contributed by atoms with van der Waals surface area (Å²) >= 11 is 0. The second kappa shape index (κ2) is 6.28. The molecule has 0 saturated carbocycles. The molecule has 1 N–H and O–H groups in total. The van der Waals surface area contributed by atoms with E-state index in [4.69, 9.17) is 5.53 Å². The minimum absolute atomic E-state index is 0.402. The number of aliphatic hydroxyl groups is 1. The number of hydrogen-bond donors (Lipinski definition) is 1. The van der Waals surface area contributed by atoms with E-state index in [1.165, 1.54) is 7.11 Å². The van der Waals surface area contributed by atoms with Gasteiger partial charge in [0.05, 0.1) is 13.2 Å². The van der Waals surface area contributed by atoms with Crippen molar-refractivity contribution in [3.8, 4) is 0 Å². The quantitative estimate of drug-likeness (QED) is 0.301. The molecule has 6 nitrogen and oxygen atoms in total. The Morgan fingerprint density at radius 3 is 2.77 bits per heavy atom. The number of rotatable bonds is 5. The van der Waals surface area contributed by atoms with Gasteiger partial charge in [0, 0.05) is 4.91 Å². The molecule has 0 aliphatic heterocycles. The number of nitrogens with zero attached hydrogens (tertiary/aromatic N) is 3. The Kier molecular flexibility index (Phi) is 5.67. The molecule has 0 rings (SSSR count). The smallest absolute Gasteiger partial charge is 0.317 e. The molecule has 0 fully saturated rings. The normalized spacial score (nSPS) is 14.1. The minimum Gasteiger partial charge on any atom is -0.469 e. The topological polar surface area (TPSA) is 95.3 Å². The lowest BCUT2D eigenvalue weighted by Gasteiger charge is -2.14. The van der Waals surface area contributed by atoms with Crippen molar-refractivity contribution < 1.29 is 14.6 Å². The van der Waals surface area contributed by atoms with Crippen LogP contribution in [0.1, 0.15) is 19.8 Å². The Hall–Kier alpha value is -1.26. The highest BCUT2D eigenvalue weighted by molar-refractivity contribution is 5.76. The summed E-state index contributed by atoms with van der Waals surface area (Å²) in [7, 11) is 1.18. The summed E-state index contributed by atoms with van der Waals surface area (Å²) in [6.45, 7) is 1.85. The van der Waals surface area contributed by atoms with Crippen molar-refractivity contribution in [3.63, 3.8) is 0 Å². The number of methoxy groups -OCH3 is 1. The highest BCUT2D eigenvalue weighted by atomic mass is 16.5. The summed E-state index contributed by atoms with van der Waals surface area (Å²) in [5, 5.41) is 12.5. The van der Waals surface area contributed by atoms with Gasteiger partial charge in [-0.1, -0.05) is 18.5 Å². The van der Waals surface area contributed by atoms with Crippen LogP contribution in [0.5, 0.6) is 0 Å². The Morgan fingerprint density at radius 1 is 1.77 bits per heavy atom.